The molecule has 160 valence electrons. The third-order valence-electron chi connectivity index (χ3n) is 4.99. The molecule has 0 fully saturated rings. The van der Waals surface area contributed by atoms with Crippen LogP contribution in [0.4, 0.5) is 14.5 Å². The Morgan fingerprint density at radius 2 is 1.56 bits per heavy atom. The van der Waals surface area contributed by atoms with E-state index in [0.717, 1.165) is 16.5 Å². The van der Waals surface area contributed by atoms with Crippen molar-refractivity contribution in [2.45, 2.75) is 6.54 Å². The summed E-state index contributed by atoms with van der Waals surface area (Å²) >= 11 is 0. The molecule has 4 amide bonds. The average Bonchev–Trinajstić information content (AvgIpc) is 3.00. The molecule has 3 aromatic carbocycles. The Hall–Kier alpha value is -4.40. The molecule has 0 saturated carbocycles. The van der Waals surface area contributed by atoms with Gasteiger partial charge in [-0.15, -0.1) is 0 Å². The highest BCUT2D eigenvalue weighted by molar-refractivity contribution is 6.22. The number of primary amides is 1. The van der Waals surface area contributed by atoms with Gasteiger partial charge in [-0.2, -0.15) is 0 Å². The molecule has 3 aromatic rings. The van der Waals surface area contributed by atoms with E-state index in [1.807, 2.05) is 6.07 Å². The Kier molecular flexibility index (Phi) is 5.23. The van der Waals surface area contributed by atoms with Crippen molar-refractivity contribution in [1.29, 1.82) is 0 Å². The summed E-state index contributed by atoms with van der Waals surface area (Å²) in [5, 5.41) is 2.22. The van der Waals surface area contributed by atoms with Crippen LogP contribution in [-0.2, 0) is 6.54 Å². The number of imide groups is 1. The fourth-order valence-electron chi connectivity index (χ4n) is 3.37. The Labute approximate surface area is 180 Å². The molecule has 0 saturated heterocycles. The Morgan fingerprint density at radius 1 is 0.875 bits per heavy atom. The van der Waals surface area contributed by atoms with Crippen LogP contribution >= 0.6 is 0 Å². The van der Waals surface area contributed by atoms with Crippen molar-refractivity contribution >= 4 is 29.3 Å². The van der Waals surface area contributed by atoms with Gasteiger partial charge in [-0.3, -0.25) is 24.1 Å². The van der Waals surface area contributed by atoms with E-state index in [0.29, 0.717) is 6.07 Å². The van der Waals surface area contributed by atoms with Crippen LogP contribution in [0.2, 0.25) is 0 Å². The summed E-state index contributed by atoms with van der Waals surface area (Å²) in [5.74, 6) is -5.27. The van der Waals surface area contributed by atoms with Crippen molar-refractivity contribution in [2.24, 2.45) is 5.73 Å². The number of carbonyl (C=O) groups is 4. The number of halogens is 2. The lowest BCUT2D eigenvalue weighted by molar-refractivity contribution is 0.0642. The predicted molar refractivity (Wildman–Crippen MR) is 110 cm³/mol. The Bertz CT molecular complexity index is 1290. The second-order valence-electron chi connectivity index (χ2n) is 7.07. The van der Waals surface area contributed by atoms with E-state index in [4.69, 9.17) is 5.73 Å². The normalized spacial score (nSPS) is 12.6. The van der Waals surface area contributed by atoms with Gasteiger partial charge in [-0.25, -0.2) is 8.78 Å². The van der Waals surface area contributed by atoms with Crippen molar-refractivity contribution < 1.29 is 28.0 Å². The van der Waals surface area contributed by atoms with Gasteiger partial charge in [0.25, 0.3) is 23.6 Å². The maximum Gasteiger partial charge on any atom is 0.261 e. The molecule has 0 aromatic heterocycles. The summed E-state index contributed by atoms with van der Waals surface area (Å²) in [5.41, 5.74) is 4.91. The molecule has 0 unspecified atom stereocenters. The maximum absolute atomic E-state index is 14.0. The molecule has 1 aliphatic rings. The van der Waals surface area contributed by atoms with Crippen LogP contribution in [0.25, 0.3) is 0 Å². The van der Waals surface area contributed by atoms with Crippen LogP contribution < -0.4 is 11.1 Å². The molecule has 3 N–H and O–H groups in total. The highest BCUT2D eigenvalue weighted by atomic mass is 19.1. The van der Waals surface area contributed by atoms with E-state index in [1.165, 1.54) is 18.2 Å². The monoisotopic (exact) mass is 435 g/mol. The number of rotatable bonds is 5. The minimum absolute atomic E-state index is 0.0317. The average molecular weight is 435 g/mol. The summed E-state index contributed by atoms with van der Waals surface area (Å²) in [6.07, 6.45) is 0. The topological polar surface area (TPSA) is 110 Å². The van der Waals surface area contributed by atoms with Gasteiger partial charge in [-0.1, -0.05) is 30.3 Å². The summed E-state index contributed by atoms with van der Waals surface area (Å²) < 4.78 is 27.7. The van der Waals surface area contributed by atoms with Gasteiger partial charge in [0.1, 0.15) is 11.6 Å². The Balaban J connectivity index is 1.59. The smallest absolute Gasteiger partial charge is 0.261 e. The molecule has 1 heterocycles. The summed E-state index contributed by atoms with van der Waals surface area (Å²) in [4.78, 5) is 50.3. The summed E-state index contributed by atoms with van der Waals surface area (Å²) in [6, 6.07) is 14.0. The number of nitrogens with one attached hydrogen (secondary N) is 1. The third kappa shape index (κ3) is 3.71. The zero-order valence-corrected chi connectivity index (χ0v) is 16.4. The minimum Gasteiger partial charge on any atom is -0.366 e. The van der Waals surface area contributed by atoms with Gasteiger partial charge in [0.15, 0.2) is 0 Å². The first-order valence-electron chi connectivity index (χ1n) is 9.40. The first-order chi connectivity index (χ1) is 15.3. The van der Waals surface area contributed by atoms with Gasteiger partial charge < -0.3 is 11.1 Å². The lowest BCUT2D eigenvalue weighted by Crippen LogP contribution is -2.29. The van der Waals surface area contributed by atoms with Crippen molar-refractivity contribution in [3.05, 3.63) is 100 Å². The van der Waals surface area contributed by atoms with E-state index >= 15 is 0 Å². The zero-order valence-electron chi connectivity index (χ0n) is 16.4. The fraction of sp³-hybridized carbons (Fsp3) is 0.0435. The molecule has 4 rings (SSSR count). The quantitative estimate of drug-likeness (QED) is 0.600. The van der Waals surface area contributed by atoms with Gasteiger partial charge in [0.2, 0.25) is 0 Å². The highest BCUT2D eigenvalue weighted by Gasteiger charge is 2.36. The van der Waals surface area contributed by atoms with Crippen LogP contribution in [0.5, 0.6) is 0 Å². The van der Waals surface area contributed by atoms with Crippen molar-refractivity contribution in [1.82, 2.24) is 4.90 Å². The molecular weight excluding hydrogens is 420 g/mol. The van der Waals surface area contributed by atoms with E-state index in [-0.39, 0.29) is 23.2 Å². The number of amides is 4. The molecule has 9 heteroatoms. The van der Waals surface area contributed by atoms with E-state index in [9.17, 15) is 28.0 Å². The number of nitrogens with two attached hydrogens (primary N) is 1. The van der Waals surface area contributed by atoms with Gasteiger partial charge in [0, 0.05) is 11.6 Å². The summed E-state index contributed by atoms with van der Waals surface area (Å²) in [7, 11) is 0. The molecule has 0 atom stereocenters. The SMILES string of the molecule is NC(=O)c1cc(NC(=O)c2ccc3c(c2)C(=O)N(Cc2ccccc2)C3=O)c(F)cc1F. The van der Waals surface area contributed by atoms with Gasteiger partial charge in [0.05, 0.1) is 28.9 Å². The molecule has 0 aliphatic carbocycles. The van der Waals surface area contributed by atoms with E-state index < -0.39 is 46.5 Å². The number of benzene rings is 3. The van der Waals surface area contributed by atoms with Crippen molar-refractivity contribution in [2.75, 3.05) is 5.32 Å². The van der Waals surface area contributed by atoms with Crippen molar-refractivity contribution in [3.8, 4) is 0 Å². The molecule has 0 bridgehead atoms. The Morgan fingerprint density at radius 3 is 2.25 bits per heavy atom. The summed E-state index contributed by atoms with van der Waals surface area (Å²) in [6.45, 7) is 0.0748. The molecule has 7 nitrogen and oxygen atoms in total. The molecule has 32 heavy (non-hydrogen) atoms. The van der Waals surface area contributed by atoms with Gasteiger partial charge in [-0.05, 0) is 29.8 Å². The van der Waals surface area contributed by atoms with E-state index in [1.54, 1.807) is 24.3 Å². The second kappa shape index (κ2) is 8.03. The zero-order chi connectivity index (χ0) is 23.0. The van der Waals surface area contributed by atoms with Crippen LogP contribution in [0.3, 0.4) is 0 Å². The second-order valence-corrected chi connectivity index (χ2v) is 7.07. The van der Waals surface area contributed by atoms with E-state index in [2.05, 4.69) is 5.32 Å². The van der Waals surface area contributed by atoms with Crippen molar-refractivity contribution in [3.63, 3.8) is 0 Å². The molecule has 0 spiro atoms. The number of fused-ring (bicyclic) bond motifs is 1. The predicted octanol–water partition coefficient (Wildman–Crippen LogP) is 3.11. The lowest BCUT2D eigenvalue weighted by atomic mass is 10.0. The first-order valence-corrected chi connectivity index (χ1v) is 9.40. The maximum atomic E-state index is 14.0. The number of hydrogen-bond donors (Lipinski definition) is 2. The number of carbonyl (C=O) groups excluding carboxylic acids is 4. The largest absolute Gasteiger partial charge is 0.366 e. The van der Waals surface area contributed by atoms with Gasteiger partial charge >= 0.3 is 0 Å². The number of anilines is 1. The number of nitrogens with zero attached hydrogens (tertiary/aromatic N) is 1. The lowest BCUT2D eigenvalue weighted by Gasteiger charge is -2.13. The van der Waals surface area contributed by atoms with Crippen LogP contribution in [0, 0.1) is 11.6 Å². The molecule has 0 radical (unpaired) electrons. The van der Waals surface area contributed by atoms with Crippen LogP contribution in [0.1, 0.15) is 47.0 Å². The fourth-order valence-corrected chi connectivity index (χ4v) is 3.37. The minimum atomic E-state index is -1.16. The van der Waals surface area contributed by atoms with Crippen LogP contribution in [0.15, 0.2) is 60.7 Å². The number of hydrogen-bond acceptors (Lipinski definition) is 4. The standard InChI is InChI=1S/C23H15F2N3O4/c24-17-10-18(25)19(9-16(17)20(26)29)27-21(30)13-6-7-14-15(8-13)23(32)28(22(14)31)11-12-4-2-1-3-5-12/h1-10H,11H2,(H2,26,29)(H,27,30). The highest BCUT2D eigenvalue weighted by Crippen LogP contribution is 2.26. The van der Waals surface area contributed by atoms with Crippen LogP contribution in [-0.4, -0.2) is 28.5 Å². The molecule has 1 aliphatic heterocycles. The third-order valence-corrected chi connectivity index (χ3v) is 4.99. The first kappa shape index (κ1) is 20.9. The molecular formula is C23H15F2N3O4.